The number of methoxy groups -OCH3 is 1. The van der Waals surface area contributed by atoms with Gasteiger partial charge in [-0.15, -0.1) is 0 Å². The third-order valence-corrected chi connectivity index (χ3v) is 2.79. The van der Waals surface area contributed by atoms with Crippen molar-refractivity contribution in [2.45, 2.75) is 39.4 Å². The van der Waals surface area contributed by atoms with Crippen molar-refractivity contribution >= 4 is 5.91 Å². The van der Waals surface area contributed by atoms with Gasteiger partial charge in [0.05, 0.1) is 17.8 Å². The summed E-state index contributed by atoms with van der Waals surface area (Å²) >= 11 is 0. The predicted molar refractivity (Wildman–Crippen MR) is 65.2 cm³/mol. The van der Waals surface area contributed by atoms with Gasteiger partial charge in [-0.2, -0.15) is 0 Å². The fourth-order valence-corrected chi connectivity index (χ4v) is 1.41. The summed E-state index contributed by atoms with van der Waals surface area (Å²) in [5.41, 5.74) is 0.137. The molecule has 102 valence electrons. The highest BCUT2D eigenvalue weighted by Crippen LogP contribution is 2.15. The Kier molecular flexibility index (Phi) is 4.86. The van der Waals surface area contributed by atoms with E-state index in [2.05, 4.69) is 10.5 Å². The number of carbonyl (C=O) groups is 1. The Morgan fingerprint density at radius 1 is 1.56 bits per heavy atom. The molecule has 0 spiro atoms. The first-order valence-corrected chi connectivity index (χ1v) is 5.86. The molecule has 0 saturated heterocycles. The van der Waals surface area contributed by atoms with Crippen LogP contribution in [0.3, 0.4) is 0 Å². The number of nitrogens with one attached hydrogen (secondary N) is 1. The number of aliphatic hydroxyl groups excluding tert-OH is 1. The number of hydrogen-bond acceptors (Lipinski definition) is 5. The second-order valence-electron chi connectivity index (χ2n) is 4.59. The van der Waals surface area contributed by atoms with Crippen LogP contribution >= 0.6 is 0 Å². The summed E-state index contributed by atoms with van der Waals surface area (Å²) in [7, 11) is 1.58. The standard InChI is InChI=1S/C12H20N2O4/c1-5-9-8(6-15)10(14-18-9)11(16)13-7-12(2,3)17-4/h15H,5-7H2,1-4H3,(H,13,16). The second kappa shape index (κ2) is 5.97. The lowest BCUT2D eigenvalue weighted by atomic mass is 10.1. The zero-order valence-corrected chi connectivity index (χ0v) is 11.2. The second-order valence-corrected chi connectivity index (χ2v) is 4.59. The van der Waals surface area contributed by atoms with Crippen LogP contribution in [0.25, 0.3) is 0 Å². The van der Waals surface area contributed by atoms with Gasteiger partial charge in [0.1, 0.15) is 5.76 Å². The van der Waals surface area contributed by atoms with Gasteiger partial charge in [0, 0.05) is 20.1 Å². The van der Waals surface area contributed by atoms with Crippen LogP contribution in [0.5, 0.6) is 0 Å². The maximum Gasteiger partial charge on any atom is 0.273 e. The molecule has 6 heteroatoms. The summed E-state index contributed by atoms with van der Waals surface area (Å²) in [4.78, 5) is 11.9. The van der Waals surface area contributed by atoms with E-state index < -0.39 is 5.60 Å². The zero-order chi connectivity index (χ0) is 13.8. The van der Waals surface area contributed by atoms with Crippen LogP contribution in [-0.4, -0.2) is 35.4 Å². The summed E-state index contributed by atoms with van der Waals surface area (Å²) < 4.78 is 10.2. The third-order valence-electron chi connectivity index (χ3n) is 2.79. The SMILES string of the molecule is CCc1onc(C(=O)NCC(C)(C)OC)c1CO. The van der Waals surface area contributed by atoms with Crippen LogP contribution in [0.2, 0.25) is 0 Å². The Labute approximate surface area is 106 Å². The molecule has 18 heavy (non-hydrogen) atoms. The summed E-state index contributed by atoms with van der Waals surface area (Å²) in [5, 5.41) is 15.6. The topological polar surface area (TPSA) is 84.6 Å². The minimum Gasteiger partial charge on any atom is -0.391 e. The maximum absolute atomic E-state index is 11.9. The number of ether oxygens (including phenoxy) is 1. The molecule has 0 aromatic carbocycles. The van der Waals surface area contributed by atoms with Gasteiger partial charge in [-0.25, -0.2) is 0 Å². The Morgan fingerprint density at radius 3 is 2.72 bits per heavy atom. The lowest BCUT2D eigenvalue weighted by molar-refractivity contribution is 0.0227. The van der Waals surface area contributed by atoms with Crippen LogP contribution in [0, 0.1) is 0 Å². The summed E-state index contributed by atoms with van der Waals surface area (Å²) in [6.45, 7) is 5.68. The fraction of sp³-hybridized carbons (Fsp3) is 0.667. The lowest BCUT2D eigenvalue weighted by Gasteiger charge is -2.22. The molecule has 0 aliphatic rings. The molecule has 1 aromatic heterocycles. The first kappa shape index (κ1) is 14.7. The van der Waals surface area contributed by atoms with Crippen molar-refractivity contribution in [3.05, 3.63) is 17.0 Å². The lowest BCUT2D eigenvalue weighted by Crippen LogP contribution is -2.40. The first-order chi connectivity index (χ1) is 8.45. The highest BCUT2D eigenvalue weighted by atomic mass is 16.5. The highest BCUT2D eigenvalue weighted by Gasteiger charge is 2.23. The molecular weight excluding hydrogens is 236 g/mol. The Hall–Kier alpha value is -1.40. The monoisotopic (exact) mass is 256 g/mol. The minimum absolute atomic E-state index is 0.140. The Balaban J connectivity index is 2.76. The van der Waals surface area contributed by atoms with Crippen molar-refractivity contribution in [1.82, 2.24) is 10.5 Å². The van der Waals surface area contributed by atoms with Crippen LogP contribution in [0.4, 0.5) is 0 Å². The Morgan fingerprint density at radius 2 is 2.22 bits per heavy atom. The van der Waals surface area contributed by atoms with Crippen LogP contribution in [-0.2, 0) is 17.8 Å². The molecule has 1 rings (SSSR count). The fourth-order valence-electron chi connectivity index (χ4n) is 1.41. The first-order valence-electron chi connectivity index (χ1n) is 5.86. The van der Waals surface area contributed by atoms with Gasteiger partial charge < -0.3 is 19.7 Å². The summed E-state index contributed by atoms with van der Waals surface area (Å²) in [6, 6.07) is 0. The Bertz CT molecular complexity index is 412. The number of amides is 1. The molecule has 2 N–H and O–H groups in total. The smallest absolute Gasteiger partial charge is 0.273 e. The molecule has 1 aromatic rings. The molecule has 0 aliphatic heterocycles. The van der Waals surface area contributed by atoms with Crippen LogP contribution < -0.4 is 5.32 Å². The normalized spacial score (nSPS) is 11.6. The summed E-state index contributed by atoms with van der Waals surface area (Å²) in [5.74, 6) is 0.168. The minimum atomic E-state index is -0.452. The van der Waals surface area contributed by atoms with Crippen molar-refractivity contribution in [3.8, 4) is 0 Å². The van der Waals surface area contributed by atoms with Crippen LogP contribution in [0.15, 0.2) is 4.52 Å². The van der Waals surface area contributed by atoms with Crippen molar-refractivity contribution in [2.24, 2.45) is 0 Å². The van der Waals surface area contributed by atoms with E-state index in [4.69, 9.17) is 9.26 Å². The van der Waals surface area contributed by atoms with E-state index in [1.165, 1.54) is 0 Å². The quantitative estimate of drug-likeness (QED) is 0.789. The molecule has 0 saturated carbocycles. The van der Waals surface area contributed by atoms with Gasteiger partial charge in [-0.1, -0.05) is 12.1 Å². The predicted octanol–water partition coefficient (Wildman–Crippen LogP) is 0.884. The van der Waals surface area contributed by atoms with E-state index in [9.17, 15) is 9.90 Å². The number of hydrogen-bond donors (Lipinski definition) is 2. The molecule has 0 atom stereocenters. The van der Waals surface area contributed by atoms with Gasteiger partial charge in [-0.3, -0.25) is 4.79 Å². The molecule has 1 heterocycles. The van der Waals surface area contributed by atoms with Gasteiger partial charge in [-0.05, 0) is 13.8 Å². The summed E-state index contributed by atoms with van der Waals surface area (Å²) in [6.07, 6.45) is 0.583. The number of aliphatic hydroxyl groups is 1. The van der Waals surface area contributed by atoms with E-state index in [0.717, 1.165) is 0 Å². The van der Waals surface area contributed by atoms with Crippen LogP contribution in [0.1, 0.15) is 42.6 Å². The number of nitrogens with zero attached hydrogens (tertiary/aromatic N) is 1. The highest BCUT2D eigenvalue weighted by molar-refractivity contribution is 5.93. The third kappa shape index (κ3) is 3.30. The number of aryl methyl sites for hydroxylation is 1. The van der Waals surface area contributed by atoms with Gasteiger partial charge >= 0.3 is 0 Å². The molecule has 0 bridgehead atoms. The molecule has 1 amide bonds. The number of carbonyl (C=O) groups excluding carboxylic acids is 1. The number of rotatable bonds is 6. The average Bonchev–Trinajstić information content (AvgIpc) is 2.78. The van der Waals surface area contributed by atoms with E-state index in [-0.39, 0.29) is 18.2 Å². The van der Waals surface area contributed by atoms with E-state index in [0.29, 0.717) is 24.3 Å². The molecule has 0 aliphatic carbocycles. The van der Waals surface area contributed by atoms with Crippen molar-refractivity contribution in [3.63, 3.8) is 0 Å². The molecule has 0 radical (unpaired) electrons. The van der Waals surface area contributed by atoms with Crippen molar-refractivity contribution in [2.75, 3.05) is 13.7 Å². The van der Waals surface area contributed by atoms with Crippen molar-refractivity contribution < 1.29 is 19.2 Å². The molecule has 0 unspecified atom stereocenters. The van der Waals surface area contributed by atoms with Gasteiger partial charge in [0.15, 0.2) is 5.69 Å². The van der Waals surface area contributed by atoms with E-state index in [1.807, 2.05) is 20.8 Å². The number of aromatic nitrogens is 1. The zero-order valence-electron chi connectivity index (χ0n) is 11.2. The van der Waals surface area contributed by atoms with E-state index >= 15 is 0 Å². The van der Waals surface area contributed by atoms with Gasteiger partial charge in [0.25, 0.3) is 5.91 Å². The molecular formula is C12H20N2O4. The maximum atomic E-state index is 11.9. The van der Waals surface area contributed by atoms with Crippen molar-refractivity contribution in [1.29, 1.82) is 0 Å². The van der Waals surface area contributed by atoms with Gasteiger partial charge in [0.2, 0.25) is 0 Å². The largest absolute Gasteiger partial charge is 0.391 e. The molecule has 0 fully saturated rings. The average molecular weight is 256 g/mol. The van der Waals surface area contributed by atoms with E-state index in [1.54, 1.807) is 7.11 Å². The molecule has 6 nitrogen and oxygen atoms in total.